The number of hydrogen-bond donors (Lipinski definition) is 1. The van der Waals surface area contributed by atoms with Crippen LogP contribution in [0.15, 0.2) is 24.5 Å². The van der Waals surface area contributed by atoms with Crippen molar-refractivity contribution in [2.45, 2.75) is 157 Å². The van der Waals surface area contributed by atoms with Crippen molar-refractivity contribution in [1.29, 1.82) is 10.5 Å². The van der Waals surface area contributed by atoms with Gasteiger partial charge < -0.3 is 38.6 Å². The Morgan fingerprint density at radius 3 is 1.45 bits per heavy atom. The van der Waals surface area contributed by atoms with Crippen LogP contribution in [0.4, 0.5) is 19.2 Å². The van der Waals surface area contributed by atoms with Crippen molar-refractivity contribution in [3.63, 3.8) is 0 Å². The molecule has 0 aromatic carbocycles. The van der Waals surface area contributed by atoms with Crippen molar-refractivity contribution in [2.75, 3.05) is 33.2 Å². The number of likely N-dealkylation sites (N-methyl/N-ethyl adjacent to an activating group) is 1. The van der Waals surface area contributed by atoms with Crippen molar-refractivity contribution in [2.24, 2.45) is 10.8 Å². The van der Waals surface area contributed by atoms with E-state index in [2.05, 4.69) is 66.8 Å². The fourth-order valence-corrected chi connectivity index (χ4v) is 9.66. The van der Waals surface area contributed by atoms with Crippen LogP contribution in [0.25, 0.3) is 22.1 Å². The number of hydrogen-bond acceptors (Lipinski definition) is 14. The lowest BCUT2D eigenvalue weighted by Crippen LogP contribution is -2.56. The average Bonchev–Trinajstić information content (AvgIpc) is 3.92. The number of nitriles is 2. The highest BCUT2D eigenvalue weighted by Crippen LogP contribution is 2.38. The highest BCUT2D eigenvalue weighted by molar-refractivity contribution is 6.08. The number of aromatic nitrogens is 6. The minimum Gasteiger partial charge on any atom is -0.444 e. The van der Waals surface area contributed by atoms with Crippen LogP contribution in [0.2, 0.25) is 0 Å². The van der Waals surface area contributed by atoms with E-state index < -0.39 is 40.5 Å². The molecular formula is C51H68N14O8. The van der Waals surface area contributed by atoms with Gasteiger partial charge in [0.2, 0.25) is 11.6 Å². The van der Waals surface area contributed by atoms with E-state index in [1.807, 2.05) is 54.2 Å². The number of fused-ring (bicyclic) bond motifs is 2. The summed E-state index contributed by atoms with van der Waals surface area (Å²) >= 11 is 0. The number of likely N-dealkylation sites (tertiary alicyclic amines) is 2. The molecule has 22 nitrogen and oxygen atoms in total. The number of nitrogens with zero attached hydrogens (tertiary/aromatic N) is 13. The third kappa shape index (κ3) is 11.3. The number of amides is 8. The number of nitrogens with one attached hydrogen (secondary N) is 1. The van der Waals surface area contributed by atoms with E-state index >= 15 is 0 Å². The molecule has 0 atom stereocenters. The molecule has 0 bridgehead atoms. The maximum absolute atomic E-state index is 13.8. The highest BCUT2D eigenvalue weighted by Gasteiger charge is 2.57. The number of carbonyl (C=O) groups excluding carboxylic acids is 6. The molecule has 390 valence electrons. The van der Waals surface area contributed by atoms with Crippen LogP contribution in [-0.4, -0.2) is 145 Å². The van der Waals surface area contributed by atoms with Crippen LogP contribution in [0.1, 0.15) is 132 Å². The Morgan fingerprint density at radius 2 is 1.05 bits per heavy atom. The fourth-order valence-electron chi connectivity index (χ4n) is 9.66. The summed E-state index contributed by atoms with van der Waals surface area (Å²) in [5.41, 5.74) is -0.816. The lowest BCUT2D eigenvalue weighted by molar-refractivity contribution is -0.135. The minimum absolute atomic E-state index is 0.0630. The van der Waals surface area contributed by atoms with Crippen LogP contribution in [0.5, 0.6) is 0 Å². The topological polar surface area (TPSA) is 258 Å². The van der Waals surface area contributed by atoms with E-state index in [4.69, 9.17) is 9.47 Å². The van der Waals surface area contributed by atoms with Crippen LogP contribution in [-0.2, 0) is 45.2 Å². The third-order valence-electron chi connectivity index (χ3n) is 13.1. The van der Waals surface area contributed by atoms with Crippen molar-refractivity contribution < 1.29 is 38.2 Å². The summed E-state index contributed by atoms with van der Waals surface area (Å²) in [6.45, 7) is 25.9. The van der Waals surface area contributed by atoms with Gasteiger partial charge in [0.1, 0.15) is 45.7 Å². The Hall–Kier alpha value is -7.36. The Kier molecular flexibility index (Phi) is 14.1. The molecule has 8 heterocycles. The van der Waals surface area contributed by atoms with Gasteiger partial charge in [0, 0.05) is 80.9 Å². The van der Waals surface area contributed by atoms with Crippen LogP contribution in [0, 0.1) is 33.5 Å². The number of carbonyl (C=O) groups is 6. The second kappa shape index (κ2) is 19.2. The molecule has 4 aromatic heterocycles. The first-order valence-corrected chi connectivity index (χ1v) is 24.6. The SMILES string of the molecule is CC(C)(C)Cn1c(CN2C(=O)NC3(CCN(C(=O)OC(C)(C)C)CC3)C2=O)cc2cnc(C#N)nc21.CN1C(=O)N(Cc2cc3cnc(C#N)nc3n2CC(C)(C)C)C(=O)C12CCN(C(=O)OC(C)(C)C)CC2. The lowest BCUT2D eigenvalue weighted by atomic mass is 9.86. The molecular weight excluding hydrogens is 937 g/mol. The van der Waals surface area contributed by atoms with Crippen molar-refractivity contribution >= 4 is 58.1 Å². The van der Waals surface area contributed by atoms with Crippen molar-refractivity contribution in [1.82, 2.24) is 58.9 Å². The zero-order valence-corrected chi connectivity index (χ0v) is 44.4. The molecule has 2 spiro atoms. The summed E-state index contributed by atoms with van der Waals surface area (Å²) in [6, 6.07) is 6.85. The molecule has 4 fully saturated rings. The summed E-state index contributed by atoms with van der Waals surface area (Å²) in [6.07, 6.45) is 3.65. The second-order valence-electron chi connectivity index (χ2n) is 23.8. The van der Waals surface area contributed by atoms with E-state index in [0.717, 1.165) is 22.2 Å². The van der Waals surface area contributed by atoms with Gasteiger partial charge >= 0.3 is 24.2 Å². The molecule has 4 aliphatic heterocycles. The smallest absolute Gasteiger partial charge is 0.410 e. The Morgan fingerprint density at radius 1 is 0.644 bits per heavy atom. The van der Waals surface area contributed by atoms with E-state index in [1.165, 1.54) is 14.7 Å². The summed E-state index contributed by atoms with van der Waals surface area (Å²) in [5, 5.41) is 22.9. The van der Waals surface area contributed by atoms with Gasteiger partial charge in [-0.1, -0.05) is 41.5 Å². The molecule has 0 saturated carbocycles. The summed E-state index contributed by atoms with van der Waals surface area (Å²) in [4.78, 5) is 103. The molecule has 4 aromatic rings. The third-order valence-corrected chi connectivity index (χ3v) is 13.1. The number of rotatable bonds is 6. The van der Waals surface area contributed by atoms with Gasteiger partial charge in [0.05, 0.1) is 13.1 Å². The quantitative estimate of drug-likeness (QED) is 0.198. The van der Waals surface area contributed by atoms with Gasteiger partial charge in [-0.05, 0) is 90.2 Å². The van der Waals surface area contributed by atoms with Gasteiger partial charge in [0.15, 0.2) is 0 Å². The molecule has 0 radical (unpaired) electrons. The van der Waals surface area contributed by atoms with Gasteiger partial charge in [-0.25, -0.2) is 39.1 Å². The molecule has 22 heteroatoms. The average molecular weight is 1010 g/mol. The molecule has 1 N–H and O–H groups in total. The summed E-state index contributed by atoms with van der Waals surface area (Å²) in [5.74, 6) is -0.433. The monoisotopic (exact) mass is 1000 g/mol. The number of imide groups is 2. The first kappa shape index (κ1) is 53.4. The van der Waals surface area contributed by atoms with E-state index in [9.17, 15) is 39.3 Å². The van der Waals surface area contributed by atoms with Crippen molar-refractivity contribution in [3.05, 3.63) is 47.6 Å². The van der Waals surface area contributed by atoms with E-state index in [-0.39, 0.29) is 53.4 Å². The first-order valence-electron chi connectivity index (χ1n) is 24.6. The fraction of sp³-hybridized carbons (Fsp3) is 0.608. The zero-order valence-electron chi connectivity index (χ0n) is 44.4. The highest BCUT2D eigenvalue weighted by atomic mass is 16.6. The van der Waals surface area contributed by atoms with Gasteiger partial charge in [0.25, 0.3) is 11.8 Å². The maximum atomic E-state index is 13.8. The zero-order chi connectivity index (χ0) is 53.8. The summed E-state index contributed by atoms with van der Waals surface area (Å²) < 4.78 is 14.8. The van der Waals surface area contributed by atoms with Crippen LogP contribution >= 0.6 is 0 Å². The molecule has 73 heavy (non-hydrogen) atoms. The minimum atomic E-state index is -1.04. The largest absolute Gasteiger partial charge is 0.444 e. The summed E-state index contributed by atoms with van der Waals surface area (Å²) in [7, 11) is 1.65. The lowest BCUT2D eigenvalue weighted by Gasteiger charge is -2.40. The van der Waals surface area contributed by atoms with E-state index in [0.29, 0.717) is 76.2 Å². The van der Waals surface area contributed by atoms with Crippen LogP contribution in [0.3, 0.4) is 0 Å². The van der Waals surface area contributed by atoms with E-state index in [1.54, 1.807) is 50.0 Å². The molecule has 8 amide bonds. The molecule has 0 unspecified atom stereocenters. The molecule has 0 aliphatic carbocycles. The maximum Gasteiger partial charge on any atom is 0.410 e. The van der Waals surface area contributed by atoms with Crippen LogP contribution < -0.4 is 5.32 Å². The molecule has 8 rings (SSSR count). The number of ether oxygens (including phenoxy) is 2. The first-order chi connectivity index (χ1) is 33.9. The number of urea groups is 2. The number of piperidine rings is 2. The normalized spacial score (nSPS) is 18.1. The standard InChI is InChI=1S/C26H35N7O4.C25H33N7O4/c1-24(2,3)16-33-18(12-17-14-28-19(13-27)29-20(17)33)15-32-21(34)26(30(7)22(32)35)8-10-31(11-9-26)23(36)37-25(4,5)6;1-23(2,3)15-32-17(11-16-13-27-18(12-26)28-19(16)32)14-31-20(33)25(29-21(31)34)7-9-30(10-8-25)22(35)36-24(4,5)6/h12,14H,8-11,15-16H2,1-7H3;11,13H,7-10,14-15H2,1-6H3,(H,29,34). The molecule has 4 aliphatic rings. The predicted molar refractivity (Wildman–Crippen MR) is 266 cm³/mol. The van der Waals surface area contributed by atoms with Crippen molar-refractivity contribution in [3.8, 4) is 12.1 Å². The predicted octanol–water partition coefficient (Wildman–Crippen LogP) is 6.68. The second-order valence-corrected chi connectivity index (χ2v) is 23.8. The Bertz CT molecular complexity index is 2940. The Labute approximate surface area is 425 Å². The molecule has 4 saturated heterocycles. The van der Waals surface area contributed by atoms with Gasteiger partial charge in [-0.3, -0.25) is 19.4 Å². The van der Waals surface area contributed by atoms with Gasteiger partial charge in [-0.15, -0.1) is 0 Å². The van der Waals surface area contributed by atoms with Gasteiger partial charge in [-0.2, -0.15) is 10.5 Å². The Balaban J connectivity index is 0.000000214.